The summed E-state index contributed by atoms with van der Waals surface area (Å²) in [5, 5.41) is 19.5. The number of carbonyl (C=O) groups excluding carboxylic acids is 1. The first-order chi connectivity index (χ1) is 15.6. The van der Waals surface area contributed by atoms with Gasteiger partial charge in [0.25, 0.3) is 0 Å². The molecule has 0 atom stereocenters. The second-order valence-corrected chi connectivity index (χ2v) is 7.48. The van der Waals surface area contributed by atoms with E-state index in [1.165, 1.54) is 17.0 Å². The summed E-state index contributed by atoms with van der Waals surface area (Å²) in [5.74, 6) is -0.578. The molecule has 0 aliphatic heterocycles. The number of aryl methyl sites for hydroxylation is 1. The number of nitrogens with zero attached hydrogens (tertiary/aromatic N) is 4. The minimum atomic E-state index is -0.332. The molecule has 0 radical (unpaired) electrons. The minimum absolute atomic E-state index is 0.114. The van der Waals surface area contributed by atoms with Crippen LogP contribution < -0.4 is 0 Å². The third kappa shape index (κ3) is 4.28. The van der Waals surface area contributed by atoms with Crippen LogP contribution in [0.4, 0.5) is 4.39 Å². The van der Waals surface area contributed by atoms with E-state index in [1.807, 2.05) is 48.5 Å². The summed E-state index contributed by atoms with van der Waals surface area (Å²) < 4.78 is 14.0. The molecule has 2 heterocycles. The number of aromatic nitrogens is 2. The zero-order chi connectivity index (χ0) is 22.5. The normalized spacial score (nSPS) is 10.7. The number of aromatic amines is 1. The Morgan fingerprint density at radius 1 is 1.06 bits per heavy atom. The number of pyridine rings is 1. The third-order valence-electron chi connectivity index (χ3n) is 5.42. The van der Waals surface area contributed by atoms with Crippen molar-refractivity contribution in [2.24, 2.45) is 0 Å². The first kappa shape index (κ1) is 21.0. The number of benzene rings is 2. The summed E-state index contributed by atoms with van der Waals surface area (Å²) in [6, 6.07) is 20.2. The molecule has 32 heavy (non-hydrogen) atoms. The SMILES string of the molecule is N#CCN(CC#N)C(=O)CCCc1c(-c2ccc3ccccc3n2)[nH]c2ccc(F)cc12. The largest absolute Gasteiger partial charge is 0.353 e. The molecule has 0 saturated heterocycles. The highest BCUT2D eigenvalue weighted by Gasteiger charge is 2.17. The Balaban J connectivity index is 1.65. The lowest BCUT2D eigenvalue weighted by Gasteiger charge is -2.15. The van der Waals surface area contributed by atoms with Crippen LogP contribution in [0, 0.1) is 28.5 Å². The van der Waals surface area contributed by atoms with Crippen molar-refractivity contribution >= 4 is 27.7 Å². The molecule has 0 aliphatic carbocycles. The van der Waals surface area contributed by atoms with Gasteiger partial charge >= 0.3 is 0 Å². The van der Waals surface area contributed by atoms with E-state index in [1.54, 1.807) is 6.07 Å². The summed E-state index contributed by atoms with van der Waals surface area (Å²) in [6.45, 7) is -0.228. The van der Waals surface area contributed by atoms with Crippen molar-refractivity contribution in [3.8, 4) is 23.5 Å². The number of hydrogen-bond acceptors (Lipinski definition) is 4. The van der Waals surface area contributed by atoms with E-state index in [4.69, 9.17) is 15.5 Å². The standard InChI is InChI=1S/C25H20FN5O/c26-18-9-11-22-20(16-18)19(5-3-7-24(32)31(14-12-27)15-13-28)25(30-22)23-10-8-17-4-1-2-6-21(17)29-23/h1-2,4,6,8-11,16,30H,3,5,7,14-15H2. The lowest BCUT2D eigenvalue weighted by Crippen LogP contribution is -2.31. The number of carbonyl (C=O) groups is 1. The number of nitriles is 2. The molecular formula is C25H20FN5O. The van der Waals surface area contributed by atoms with Crippen LogP contribution in [-0.4, -0.2) is 33.9 Å². The fourth-order valence-electron chi connectivity index (χ4n) is 3.88. The van der Waals surface area contributed by atoms with Gasteiger partial charge in [-0.25, -0.2) is 9.37 Å². The van der Waals surface area contributed by atoms with Crippen LogP contribution in [0.15, 0.2) is 54.6 Å². The maximum Gasteiger partial charge on any atom is 0.224 e. The van der Waals surface area contributed by atoms with Gasteiger partial charge < -0.3 is 9.88 Å². The van der Waals surface area contributed by atoms with E-state index in [2.05, 4.69) is 4.98 Å². The highest BCUT2D eigenvalue weighted by molar-refractivity contribution is 5.91. The topological polar surface area (TPSA) is 96.6 Å². The fourth-order valence-corrected chi connectivity index (χ4v) is 3.88. The second-order valence-electron chi connectivity index (χ2n) is 7.48. The molecule has 158 valence electrons. The Hall–Kier alpha value is -4.23. The number of para-hydroxylation sites is 1. The van der Waals surface area contributed by atoms with Crippen LogP contribution in [0.2, 0.25) is 0 Å². The maximum atomic E-state index is 14.0. The highest BCUT2D eigenvalue weighted by Crippen LogP contribution is 2.32. The number of amides is 1. The molecule has 1 amide bonds. The van der Waals surface area contributed by atoms with Gasteiger partial charge in [0, 0.05) is 22.7 Å². The molecule has 0 spiro atoms. The van der Waals surface area contributed by atoms with Crippen LogP contribution in [0.5, 0.6) is 0 Å². The third-order valence-corrected chi connectivity index (χ3v) is 5.42. The molecule has 0 saturated carbocycles. The van der Waals surface area contributed by atoms with E-state index >= 15 is 0 Å². The Labute approximate surface area is 184 Å². The zero-order valence-corrected chi connectivity index (χ0v) is 17.3. The van der Waals surface area contributed by atoms with Crippen LogP contribution in [-0.2, 0) is 11.2 Å². The predicted octanol–water partition coefficient (Wildman–Crippen LogP) is 4.72. The molecule has 7 heteroatoms. The van der Waals surface area contributed by atoms with Crippen LogP contribution >= 0.6 is 0 Å². The molecule has 0 fully saturated rings. The van der Waals surface area contributed by atoms with Gasteiger partial charge in [0.1, 0.15) is 18.9 Å². The Morgan fingerprint density at radius 3 is 2.62 bits per heavy atom. The van der Waals surface area contributed by atoms with E-state index in [0.29, 0.717) is 12.8 Å². The monoisotopic (exact) mass is 425 g/mol. The average molecular weight is 425 g/mol. The average Bonchev–Trinajstić information content (AvgIpc) is 3.16. The molecular weight excluding hydrogens is 405 g/mol. The van der Waals surface area contributed by atoms with E-state index in [0.717, 1.165) is 38.8 Å². The smallest absolute Gasteiger partial charge is 0.224 e. The van der Waals surface area contributed by atoms with Crippen molar-refractivity contribution in [2.45, 2.75) is 19.3 Å². The van der Waals surface area contributed by atoms with Gasteiger partial charge in [-0.15, -0.1) is 0 Å². The molecule has 4 rings (SSSR count). The molecule has 4 aromatic rings. The summed E-state index contributed by atoms with van der Waals surface area (Å²) in [5.41, 5.74) is 4.10. The van der Waals surface area contributed by atoms with Crippen molar-refractivity contribution in [1.82, 2.24) is 14.9 Å². The summed E-state index contributed by atoms with van der Waals surface area (Å²) in [6.07, 6.45) is 1.21. The molecule has 0 bridgehead atoms. The van der Waals surface area contributed by atoms with E-state index in [-0.39, 0.29) is 31.2 Å². The Morgan fingerprint density at radius 2 is 1.84 bits per heavy atom. The van der Waals surface area contributed by atoms with Crippen LogP contribution in [0.3, 0.4) is 0 Å². The summed E-state index contributed by atoms with van der Waals surface area (Å²) in [7, 11) is 0. The molecule has 6 nitrogen and oxygen atoms in total. The van der Waals surface area contributed by atoms with Gasteiger partial charge in [-0.1, -0.05) is 24.3 Å². The number of hydrogen-bond donors (Lipinski definition) is 1. The number of nitrogens with one attached hydrogen (secondary N) is 1. The zero-order valence-electron chi connectivity index (χ0n) is 17.3. The molecule has 2 aromatic carbocycles. The summed E-state index contributed by atoms with van der Waals surface area (Å²) >= 11 is 0. The Bertz CT molecular complexity index is 1360. The van der Waals surface area contributed by atoms with Crippen molar-refractivity contribution in [1.29, 1.82) is 10.5 Å². The first-order valence-corrected chi connectivity index (χ1v) is 10.3. The first-order valence-electron chi connectivity index (χ1n) is 10.3. The fraction of sp³-hybridized carbons (Fsp3) is 0.200. The van der Waals surface area contributed by atoms with E-state index in [9.17, 15) is 9.18 Å². The van der Waals surface area contributed by atoms with Gasteiger partial charge in [0.15, 0.2) is 0 Å². The molecule has 0 aliphatic rings. The van der Waals surface area contributed by atoms with E-state index < -0.39 is 0 Å². The maximum absolute atomic E-state index is 14.0. The van der Waals surface area contributed by atoms with Gasteiger partial charge in [-0.05, 0) is 48.7 Å². The lowest BCUT2D eigenvalue weighted by molar-refractivity contribution is -0.130. The predicted molar refractivity (Wildman–Crippen MR) is 120 cm³/mol. The number of fused-ring (bicyclic) bond motifs is 2. The summed E-state index contributed by atoms with van der Waals surface area (Å²) in [4.78, 5) is 21.8. The second kappa shape index (κ2) is 9.28. The minimum Gasteiger partial charge on any atom is -0.353 e. The molecule has 0 unspecified atom stereocenters. The quantitative estimate of drug-likeness (QED) is 0.433. The lowest BCUT2D eigenvalue weighted by atomic mass is 10.0. The van der Waals surface area contributed by atoms with Crippen molar-refractivity contribution in [3.63, 3.8) is 0 Å². The van der Waals surface area contributed by atoms with Gasteiger partial charge in [0.05, 0.1) is 29.0 Å². The van der Waals surface area contributed by atoms with Gasteiger partial charge in [0.2, 0.25) is 5.91 Å². The molecule has 1 N–H and O–H groups in total. The van der Waals surface area contributed by atoms with Crippen molar-refractivity contribution in [3.05, 3.63) is 66.0 Å². The number of rotatable bonds is 7. The highest BCUT2D eigenvalue weighted by atomic mass is 19.1. The van der Waals surface area contributed by atoms with Crippen LogP contribution in [0.1, 0.15) is 18.4 Å². The Kier molecular flexibility index (Phi) is 6.10. The number of halogens is 1. The van der Waals surface area contributed by atoms with Gasteiger partial charge in [-0.3, -0.25) is 4.79 Å². The van der Waals surface area contributed by atoms with Crippen molar-refractivity contribution in [2.75, 3.05) is 13.1 Å². The van der Waals surface area contributed by atoms with Crippen LogP contribution in [0.25, 0.3) is 33.2 Å². The number of H-pyrrole nitrogens is 1. The van der Waals surface area contributed by atoms with Crippen molar-refractivity contribution < 1.29 is 9.18 Å². The molecule has 2 aromatic heterocycles. The van der Waals surface area contributed by atoms with Gasteiger partial charge in [-0.2, -0.15) is 10.5 Å².